The van der Waals surface area contributed by atoms with E-state index in [9.17, 15) is 5.11 Å². The predicted octanol–water partition coefficient (Wildman–Crippen LogP) is -1.71. The Labute approximate surface area is 110 Å². The van der Waals surface area contributed by atoms with Gasteiger partial charge >= 0.3 is 51.4 Å². The monoisotopic (exact) mass is 174 g/mol. The Morgan fingerprint density at radius 1 is 1.09 bits per heavy atom. The predicted molar refractivity (Wildman–Crippen MR) is 39.5 cm³/mol. The Balaban J connectivity index is 0.000001000. The summed E-state index contributed by atoms with van der Waals surface area (Å²) < 4.78 is 0. The van der Waals surface area contributed by atoms with Gasteiger partial charge in [-0.1, -0.05) is 55.3 Å². The zero-order valence-electron chi connectivity index (χ0n) is 7.29. The largest absolute Gasteiger partial charge is 1.00 e. The van der Waals surface area contributed by atoms with E-state index in [-0.39, 0.29) is 51.4 Å². The first-order valence-corrected chi connectivity index (χ1v) is 3.36. The van der Waals surface area contributed by atoms with Crippen molar-refractivity contribution in [2.75, 3.05) is 0 Å². The summed E-state index contributed by atoms with van der Waals surface area (Å²) in [6.07, 6.45) is 0. The van der Waals surface area contributed by atoms with Crippen molar-refractivity contribution in [2.24, 2.45) is 0 Å². The summed E-state index contributed by atoms with van der Waals surface area (Å²) in [5.41, 5.74) is -0.114. The number of hydrogen-bond donors (Lipinski definition) is 0. The Kier molecular flexibility index (Phi) is 5.10. The van der Waals surface area contributed by atoms with Crippen LogP contribution in [0.2, 0.25) is 0 Å². The van der Waals surface area contributed by atoms with Crippen molar-refractivity contribution in [3.05, 3.63) is 35.9 Å². The summed E-state index contributed by atoms with van der Waals surface area (Å²) in [5.74, 6) is 0. The van der Waals surface area contributed by atoms with Gasteiger partial charge in [0, 0.05) is 0 Å². The molecule has 1 rings (SSSR count). The summed E-state index contributed by atoms with van der Waals surface area (Å²) in [6.45, 7) is 3.34. The van der Waals surface area contributed by atoms with Crippen LogP contribution in [0.1, 0.15) is 19.4 Å². The van der Waals surface area contributed by atoms with Crippen LogP contribution >= 0.6 is 0 Å². The van der Waals surface area contributed by atoms with Crippen LogP contribution in [0.5, 0.6) is 0 Å². The second-order valence-electron chi connectivity index (χ2n) is 2.88. The number of rotatable bonds is 1. The topological polar surface area (TPSA) is 23.1 Å². The van der Waals surface area contributed by atoms with Crippen LogP contribution in [0.15, 0.2) is 30.3 Å². The van der Waals surface area contributed by atoms with E-state index in [1.165, 1.54) is 0 Å². The molecule has 0 aromatic heterocycles. The molecule has 0 heterocycles. The summed E-state index contributed by atoms with van der Waals surface area (Å²) in [6, 6.07) is 9.39. The first-order chi connectivity index (χ1) is 4.61. The van der Waals surface area contributed by atoms with Gasteiger partial charge in [-0.25, -0.2) is 0 Å². The maximum absolute atomic E-state index is 11.3. The molecule has 0 radical (unpaired) electrons. The molecular weight excluding hydrogens is 163 g/mol. The summed E-state index contributed by atoms with van der Waals surface area (Å²) in [7, 11) is 0. The van der Waals surface area contributed by atoms with Crippen molar-refractivity contribution in [3.63, 3.8) is 0 Å². The molecule has 54 valence electrons. The summed E-state index contributed by atoms with van der Waals surface area (Å²) >= 11 is 0. The van der Waals surface area contributed by atoms with E-state index in [4.69, 9.17) is 0 Å². The van der Waals surface area contributed by atoms with E-state index in [1.807, 2.05) is 30.3 Å². The van der Waals surface area contributed by atoms with Crippen LogP contribution in [-0.2, 0) is 5.60 Å². The Morgan fingerprint density at radius 3 is 1.82 bits per heavy atom. The van der Waals surface area contributed by atoms with Crippen molar-refractivity contribution in [1.29, 1.82) is 0 Å². The minimum absolute atomic E-state index is 0. The van der Waals surface area contributed by atoms with Crippen LogP contribution in [0, 0.1) is 0 Å². The van der Waals surface area contributed by atoms with Gasteiger partial charge in [-0.2, -0.15) is 0 Å². The van der Waals surface area contributed by atoms with E-state index >= 15 is 0 Å². The smallest absolute Gasteiger partial charge is 0.846 e. The third-order valence-corrected chi connectivity index (χ3v) is 1.47. The average molecular weight is 174 g/mol. The fourth-order valence-electron chi connectivity index (χ4n) is 0.840. The number of benzene rings is 1. The van der Waals surface area contributed by atoms with Gasteiger partial charge in [0.05, 0.1) is 0 Å². The standard InChI is InChI=1S/C9H11O.K/c1-9(2,10)8-6-4-3-5-7-8;/h3-7H,1-2H3;/q-1;+1. The molecule has 0 aliphatic heterocycles. The number of hydrogen-bond acceptors (Lipinski definition) is 1. The molecule has 0 atom stereocenters. The average Bonchev–Trinajstić information content (AvgIpc) is 1.88. The van der Waals surface area contributed by atoms with Gasteiger partial charge in [0.25, 0.3) is 0 Å². The quantitative estimate of drug-likeness (QED) is 0.465. The molecule has 0 aliphatic carbocycles. The molecule has 0 bridgehead atoms. The van der Waals surface area contributed by atoms with Gasteiger partial charge in [0.15, 0.2) is 0 Å². The van der Waals surface area contributed by atoms with Gasteiger partial charge in [0.1, 0.15) is 0 Å². The molecule has 0 saturated heterocycles. The van der Waals surface area contributed by atoms with Crippen LogP contribution in [0.3, 0.4) is 0 Å². The van der Waals surface area contributed by atoms with Gasteiger partial charge in [-0.3, -0.25) is 0 Å². The van der Waals surface area contributed by atoms with Crippen LogP contribution in [0.25, 0.3) is 0 Å². The molecule has 0 amide bonds. The Hall–Kier alpha value is 0.816. The zero-order chi connectivity index (χ0) is 7.61. The van der Waals surface area contributed by atoms with Crippen LogP contribution in [0.4, 0.5) is 0 Å². The Bertz CT molecular complexity index is 201. The van der Waals surface area contributed by atoms with Gasteiger partial charge in [-0.05, 0) is 0 Å². The van der Waals surface area contributed by atoms with E-state index in [0.717, 1.165) is 5.56 Å². The Morgan fingerprint density at radius 2 is 1.55 bits per heavy atom. The van der Waals surface area contributed by atoms with E-state index in [2.05, 4.69) is 0 Å². The molecule has 2 heteroatoms. The molecule has 11 heavy (non-hydrogen) atoms. The third-order valence-electron chi connectivity index (χ3n) is 1.47. The molecule has 0 aliphatic rings. The molecule has 0 saturated carbocycles. The van der Waals surface area contributed by atoms with Crippen molar-refractivity contribution in [1.82, 2.24) is 0 Å². The molecule has 1 nitrogen and oxygen atoms in total. The molecular formula is C9H11KO. The maximum Gasteiger partial charge on any atom is 1.00 e. The van der Waals surface area contributed by atoms with Crippen LogP contribution in [-0.4, -0.2) is 0 Å². The molecule has 0 fully saturated rings. The molecule has 0 N–H and O–H groups in total. The van der Waals surface area contributed by atoms with Gasteiger partial charge < -0.3 is 5.11 Å². The first-order valence-electron chi connectivity index (χ1n) is 3.36. The zero-order valence-corrected chi connectivity index (χ0v) is 10.4. The van der Waals surface area contributed by atoms with Crippen molar-refractivity contribution in [3.8, 4) is 0 Å². The fourth-order valence-corrected chi connectivity index (χ4v) is 0.840. The van der Waals surface area contributed by atoms with E-state index in [1.54, 1.807) is 13.8 Å². The van der Waals surface area contributed by atoms with Crippen LogP contribution < -0.4 is 56.5 Å². The third kappa shape index (κ3) is 3.83. The maximum atomic E-state index is 11.3. The second-order valence-corrected chi connectivity index (χ2v) is 2.88. The molecule has 0 unspecified atom stereocenters. The SMILES string of the molecule is CC(C)([O-])c1ccccc1.[K+]. The van der Waals surface area contributed by atoms with Crippen molar-refractivity contribution in [2.45, 2.75) is 19.4 Å². The summed E-state index contributed by atoms with van der Waals surface area (Å²) in [4.78, 5) is 0. The molecule has 1 aromatic carbocycles. The first kappa shape index (κ1) is 11.8. The normalized spacial score (nSPS) is 10.5. The van der Waals surface area contributed by atoms with E-state index < -0.39 is 5.60 Å². The second kappa shape index (κ2) is 4.75. The molecule has 1 aromatic rings. The fraction of sp³-hybridized carbons (Fsp3) is 0.333. The summed E-state index contributed by atoms with van der Waals surface area (Å²) in [5, 5.41) is 11.3. The van der Waals surface area contributed by atoms with Gasteiger partial charge in [-0.15, -0.1) is 0 Å². The van der Waals surface area contributed by atoms with Crippen molar-refractivity contribution < 1.29 is 56.5 Å². The van der Waals surface area contributed by atoms with E-state index in [0.29, 0.717) is 0 Å². The van der Waals surface area contributed by atoms with Crippen molar-refractivity contribution >= 4 is 0 Å². The van der Waals surface area contributed by atoms with Gasteiger partial charge in [0.2, 0.25) is 0 Å². The minimum atomic E-state index is -0.957. The molecule has 0 spiro atoms. The minimum Gasteiger partial charge on any atom is -0.846 e.